The summed E-state index contributed by atoms with van der Waals surface area (Å²) in [7, 11) is 1.31. The molecule has 0 aliphatic rings. The minimum Gasteiger partial charge on any atom is -0.492 e. The van der Waals surface area contributed by atoms with Gasteiger partial charge in [0.1, 0.15) is 12.4 Å². The van der Waals surface area contributed by atoms with Crippen molar-refractivity contribution in [3.05, 3.63) is 33.9 Å². The Balaban J connectivity index is 2.87. The Kier molecular flexibility index (Phi) is 4.47. The van der Waals surface area contributed by atoms with Gasteiger partial charge in [-0.3, -0.25) is 14.9 Å². The van der Waals surface area contributed by atoms with E-state index in [0.717, 1.165) is 0 Å². The molecule has 0 fully saturated rings. The SMILES string of the molecule is COC(=O)C(C)(C)COc1cccc([N+](=O)[O-])c1C. The zero-order valence-corrected chi connectivity index (χ0v) is 11.4. The molecule has 0 aliphatic carbocycles. The van der Waals surface area contributed by atoms with Gasteiger partial charge in [-0.15, -0.1) is 0 Å². The van der Waals surface area contributed by atoms with Crippen molar-refractivity contribution in [3.63, 3.8) is 0 Å². The lowest BCUT2D eigenvalue weighted by atomic mass is 9.95. The molecular weight excluding hydrogens is 250 g/mol. The van der Waals surface area contributed by atoms with Crippen LogP contribution in [0.3, 0.4) is 0 Å². The standard InChI is InChI=1S/C13H17NO5/c1-9-10(14(16)17)6-5-7-11(9)19-8-13(2,3)12(15)18-4/h5-7H,8H2,1-4H3. The second-order valence-corrected chi connectivity index (χ2v) is 4.82. The Bertz CT molecular complexity index is 496. The van der Waals surface area contributed by atoms with Crippen molar-refractivity contribution in [2.75, 3.05) is 13.7 Å². The fourth-order valence-corrected chi connectivity index (χ4v) is 1.55. The molecule has 0 bridgehead atoms. The third-order valence-corrected chi connectivity index (χ3v) is 2.78. The summed E-state index contributed by atoms with van der Waals surface area (Å²) in [5, 5.41) is 10.8. The maximum atomic E-state index is 11.5. The van der Waals surface area contributed by atoms with Crippen LogP contribution in [-0.4, -0.2) is 24.6 Å². The van der Waals surface area contributed by atoms with Gasteiger partial charge in [0.05, 0.1) is 23.0 Å². The highest BCUT2D eigenvalue weighted by atomic mass is 16.6. The zero-order chi connectivity index (χ0) is 14.6. The van der Waals surface area contributed by atoms with Crippen LogP contribution < -0.4 is 4.74 Å². The number of hydrogen-bond donors (Lipinski definition) is 0. The van der Waals surface area contributed by atoms with Gasteiger partial charge in [0, 0.05) is 6.07 Å². The number of hydrogen-bond acceptors (Lipinski definition) is 5. The van der Waals surface area contributed by atoms with Crippen molar-refractivity contribution in [3.8, 4) is 5.75 Å². The van der Waals surface area contributed by atoms with Gasteiger partial charge in [-0.05, 0) is 26.8 Å². The summed E-state index contributed by atoms with van der Waals surface area (Å²) >= 11 is 0. The van der Waals surface area contributed by atoms with Gasteiger partial charge in [-0.25, -0.2) is 0 Å². The first-order valence-electron chi connectivity index (χ1n) is 5.75. The van der Waals surface area contributed by atoms with Crippen molar-refractivity contribution in [1.82, 2.24) is 0 Å². The predicted molar refractivity (Wildman–Crippen MR) is 69.1 cm³/mol. The van der Waals surface area contributed by atoms with Gasteiger partial charge >= 0.3 is 5.97 Å². The van der Waals surface area contributed by atoms with E-state index < -0.39 is 16.3 Å². The minimum atomic E-state index is -0.814. The van der Waals surface area contributed by atoms with E-state index in [-0.39, 0.29) is 12.3 Å². The Morgan fingerprint density at radius 1 is 1.42 bits per heavy atom. The third kappa shape index (κ3) is 3.43. The van der Waals surface area contributed by atoms with Crippen LogP contribution in [0, 0.1) is 22.5 Å². The Morgan fingerprint density at radius 3 is 2.58 bits per heavy atom. The molecule has 0 atom stereocenters. The molecule has 0 radical (unpaired) electrons. The number of nitro benzene ring substituents is 1. The van der Waals surface area contributed by atoms with Crippen LogP contribution in [0.25, 0.3) is 0 Å². The first-order valence-corrected chi connectivity index (χ1v) is 5.75. The molecule has 0 aliphatic heterocycles. The Labute approximate surface area is 111 Å². The summed E-state index contributed by atoms with van der Waals surface area (Å²) in [5.74, 6) is 0.00163. The van der Waals surface area contributed by atoms with Crippen LogP contribution in [0.2, 0.25) is 0 Å². The Hall–Kier alpha value is -2.11. The van der Waals surface area contributed by atoms with Crippen LogP contribution in [0.4, 0.5) is 5.69 Å². The van der Waals surface area contributed by atoms with E-state index in [4.69, 9.17) is 4.74 Å². The molecule has 0 N–H and O–H groups in total. The first kappa shape index (κ1) is 14.9. The Morgan fingerprint density at radius 2 is 2.05 bits per heavy atom. The van der Waals surface area contributed by atoms with Gasteiger partial charge in [0.25, 0.3) is 5.69 Å². The summed E-state index contributed by atoms with van der Waals surface area (Å²) < 4.78 is 10.2. The van der Waals surface area contributed by atoms with E-state index in [1.165, 1.54) is 13.2 Å². The number of nitrogens with zero attached hydrogens (tertiary/aromatic N) is 1. The summed E-state index contributed by atoms with van der Waals surface area (Å²) in [6.07, 6.45) is 0. The number of rotatable bonds is 5. The number of methoxy groups -OCH3 is 1. The second kappa shape index (κ2) is 5.69. The van der Waals surface area contributed by atoms with Crippen LogP contribution >= 0.6 is 0 Å². The number of nitro groups is 1. The van der Waals surface area contributed by atoms with Crippen molar-refractivity contribution in [1.29, 1.82) is 0 Å². The molecule has 6 heteroatoms. The average molecular weight is 267 g/mol. The minimum absolute atomic E-state index is 0.00614. The molecule has 19 heavy (non-hydrogen) atoms. The molecule has 0 unspecified atom stereocenters. The molecular formula is C13H17NO5. The molecule has 0 heterocycles. The van der Waals surface area contributed by atoms with Gasteiger partial charge in [0.15, 0.2) is 0 Å². The summed E-state index contributed by atoms with van der Waals surface area (Å²) in [5.41, 5.74) is -0.382. The fourth-order valence-electron chi connectivity index (χ4n) is 1.55. The highest BCUT2D eigenvalue weighted by Crippen LogP contribution is 2.28. The molecule has 0 spiro atoms. The van der Waals surface area contributed by atoms with Crippen LogP contribution in [-0.2, 0) is 9.53 Å². The van der Waals surface area contributed by atoms with E-state index >= 15 is 0 Å². The van der Waals surface area contributed by atoms with Gasteiger partial charge in [0.2, 0.25) is 0 Å². The van der Waals surface area contributed by atoms with Gasteiger partial charge in [-0.2, -0.15) is 0 Å². The fraction of sp³-hybridized carbons (Fsp3) is 0.462. The lowest BCUT2D eigenvalue weighted by Crippen LogP contribution is -2.32. The summed E-state index contributed by atoms with van der Waals surface area (Å²) in [6, 6.07) is 4.59. The van der Waals surface area contributed by atoms with E-state index in [1.807, 2.05) is 0 Å². The van der Waals surface area contributed by atoms with E-state index in [0.29, 0.717) is 11.3 Å². The topological polar surface area (TPSA) is 78.7 Å². The number of ether oxygens (including phenoxy) is 2. The zero-order valence-electron chi connectivity index (χ0n) is 11.4. The lowest BCUT2D eigenvalue weighted by Gasteiger charge is -2.22. The highest BCUT2D eigenvalue weighted by Gasteiger charge is 2.30. The number of esters is 1. The molecule has 0 saturated heterocycles. The lowest BCUT2D eigenvalue weighted by molar-refractivity contribution is -0.385. The monoisotopic (exact) mass is 267 g/mol. The number of carbonyl (C=O) groups excluding carboxylic acids is 1. The van der Waals surface area contributed by atoms with Gasteiger partial charge in [-0.1, -0.05) is 6.07 Å². The third-order valence-electron chi connectivity index (χ3n) is 2.78. The normalized spacial score (nSPS) is 10.9. The van der Waals surface area contributed by atoms with Crippen molar-refractivity contribution >= 4 is 11.7 Å². The van der Waals surface area contributed by atoms with Crippen LogP contribution in [0.15, 0.2) is 18.2 Å². The second-order valence-electron chi connectivity index (χ2n) is 4.82. The average Bonchev–Trinajstić information content (AvgIpc) is 2.36. The summed E-state index contributed by atoms with van der Waals surface area (Å²) in [6.45, 7) is 5.07. The van der Waals surface area contributed by atoms with E-state index in [1.54, 1.807) is 32.9 Å². The maximum Gasteiger partial charge on any atom is 0.314 e. The van der Waals surface area contributed by atoms with E-state index in [2.05, 4.69) is 4.74 Å². The number of carbonyl (C=O) groups is 1. The largest absolute Gasteiger partial charge is 0.492 e. The van der Waals surface area contributed by atoms with E-state index in [9.17, 15) is 14.9 Å². The van der Waals surface area contributed by atoms with Crippen molar-refractivity contribution < 1.29 is 19.2 Å². The molecule has 1 aromatic carbocycles. The van der Waals surface area contributed by atoms with Crippen molar-refractivity contribution in [2.45, 2.75) is 20.8 Å². The van der Waals surface area contributed by atoms with Crippen LogP contribution in [0.5, 0.6) is 5.75 Å². The van der Waals surface area contributed by atoms with Crippen molar-refractivity contribution in [2.24, 2.45) is 5.41 Å². The molecule has 0 saturated carbocycles. The first-order chi connectivity index (χ1) is 8.79. The molecule has 104 valence electrons. The highest BCUT2D eigenvalue weighted by molar-refractivity contribution is 5.75. The quantitative estimate of drug-likeness (QED) is 0.465. The predicted octanol–water partition coefficient (Wildman–Crippen LogP) is 2.48. The molecule has 6 nitrogen and oxygen atoms in total. The smallest absolute Gasteiger partial charge is 0.314 e. The molecule has 1 rings (SSSR count). The molecule has 0 amide bonds. The van der Waals surface area contributed by atoms with Gasteiger partial charge < -0.3 is 9.47 Å². The maximum absolute atomic E-state index is 11.5. The molecule has 1 aromatic rings. The number of benzene rings is 1. The summed E-state index contributed by atoms with van der Waals surface area (Å²) in [4.78, 5) is 21.8. The molecule has 0 aromatic heterocycles. The van der Waals surface area contributed by atoms with Crippen LogP contribution in [0.1, 0.15) is 19.4 Å².